The molecule has 0 unspecified atom stereocenters. The fraction of sp³-hybridized carbons (Fsp3) is 0.842. The molecule has 0 bridgehead atoms. The summed E-state index contributed by atoms with van der Waals surface area (Å²) >= 11 is 0. The van der Waals surface area contributed by atoms with Crippen LogP contribution in [0.5, 0.6) is 0 Å². The van der Waals surface area contributed by atoms with Crippen LogP contribution in [0.1, 0.15) is 68.3 Å². The summed E-state index contributed by atoms with van der Waals surface area (Å²) in [6.45, 7) is 1.81. The number of nitrogens with zero attached hydrogens (tertiary/aromatic N) is 3. The number of hydrogen-bond acceptors (Lipinski definition) is 4. The molecule has 1 spiro atoms. The van der Waals surface area contributed by atoms with Crippen LogP contribution < -0.4 is 0 Å². The van der Waals surface area contributed by atoms with Crippen LogP contribution in [0.4, 0.5) is 13.2 Å². The maximum Gasteiger partial charge on any atom is 0.435 e. The fourth-order valence-electron chi connectivity index (χ4n) is 5.61. The summed E-state index contributed by atoms with van der Waals surface area (Å²) in [4.78, 5) is 2.43. The minimum absolute atomic E-state index is 0.0259. The average molecular weight is 417 g/mol. The predicted octanol–water partition coefficient (Wildman–Crippen LogP) is 3.38. The lowest BCUT2D eigenvalue weighted by Gasteiger charge is -2.40. The van der Waals surface area contributed by atoms with Crippen molar-refractivity contribution >= 4 is 9.84 Å². The second-order valence-electron chi connectivity index (χ2n) is 9.39. The fourth-order valence-corrected chi connectivity index (χ4v) is 7.86. The zero-order valence-electron chi connectivity index (χ0n) is 15.8. The molecule has 5 nitrogen and oxygen atoms in total. The van der Waals surface area contributed by atoms with Crippen LogP contribution in [-0.2, 0) is 16.0 Å². The third-order valence-corrected chi connectivity index (χ3v) is 9.20. The third kappa shape index (κ3) is 3.38. The Morgan fingerprint density at radius 3 is 2.25 bits per heavy atom. The molecule has 5 rings (SSSR count). The monoisotopic (exact) mass is 417 g/mol. The molecule has 0 aromatic carbocycles. The number of rotatable bonds is 3. The molecule has 2 aliphatic heterocycles. The average Bonchev–Trinajstić information content (AvgIpc) is 3.19. The highest BCUT2D eigenvalue weighted by Gasteiger charge is 2.53. The standard InChI is InChI=1S/C19H26F3N3O2S/c20-19(21,22)17-9-16(25(23-17)15-5-6-15)13-1-3-14(4-2-13)24-8-7-18(10-24)11-28(26,27)12-18/h9,13-15H,1-8,10-12H2. The van der Waals surface area contributed by atoms with Crippen LogP contribution in [0.3, 0.4) is 0 Å². The van der Waals surface area contributed by atoms with Gasteiger partial charge in [-0.1, -0.05) is 0 Å². The van der Waals surface area contributed by atoms with Crippen LogP contribution in [0.25, 0.3) is 0 Å². The van der Waals surface area contributed by atoms with Gasteiger partial charge in [-0.3, -0.25) is 9.58 Å². The van der Waals surface area contributed by atoms with Gasteiger partial charge in [0.05, 0.1) is 17.5 Å². The Labute approximate surface area is 163 Å². The van der Waals surface area contributed by atoms with Gasteiger partial charge in [0.25, 0.3) is 0 Å². The van der Waals surface area contributed by atoms with E-state index in [-0.39, 0.29) is 17.4 Å². The molecule has 0 amide bonds. The topological polar surface area (TPSA) is 55.2 Å². The maximum atomic E-state index is 13.1. The van der Waals surface area contributed by atoms with Gasteiger partial charge in [-0.05, 0) is 57.6 Å². The van der Waals surface area contributed by atoms with Crippen LogP contribution in [-0.4, -0.2) is 53.7 Å². The summed E-state index contributed by atoms with van der Waals surface area (Å²) in [5.74, 6) is 0.792. The predicted molar refractivity (Wildman–Crippen MR) is 97.8 cm³/mol. The summed E-state index contributed by atoms with van der Waals surface area (Å²) in [6, 6.07) is 1.84. The van der Waals surface area contributed by atoms with Gasteiger partial charge in [0.1, 0.15) is 0 Å². The molecule has 0 N–H and O–H groups in total. The third-order valence-electron chi connectivity index (χ3n) is 7.10. The van der Waals surface area contributed by atoms with E-state index in [4.69, 9.17) is 0 Å². The first-order valence-electron chi connectivity index (χ1n) is 10.3. The van der Waals surface area contributed by atoms with Crippen molar-refractivity contribution in [2.24, 2.45) is 5.41 Å². The highest BCUT2D eigenvalue weighted by atomic mass is 32.2. The van der Waals surface area contributed by atoms with E-state index in [1.54, 1.807) is 4.68 Å². The highest BCUT2D eigenvalue weighted by molar-refractivity contribution is 7.92. The first kappa shape index (κ1) is 18.9. The van der Waals surface area contributed by atoms with Gasteiger partial charge in [0, 0.05) is 29.6 Å². The molecular weight excluding hydrogens is 391 g/mol. The van der Waals surface area contributed by atoms with E-state index in [1.165, 1.54) is 6.07 Å². The maximum absolute atomic E-state index is 13.1. The van der Waals surface area contributed by atoms with E-state index in [0.717, 1.165) is 63.7 Å². The van der Waals surface area contributed by atoms with Crippen molar-refractivity contribution < 1.29 is 21.6 Å². The molecule has 2 saturated heterocycles. The van der Waals surface area contributed by atoms with E-state index in [0.29, 0.717) is 17.5 Å². The molecule has 2 aliphatic carbocycles. The Bertz CT molecular complexity index is 855. The van der Waals surface area contributed by atoms with E-state index in [2.05, 4.69) is 10.00 Å². The molecule has 0 radical (unpaired) electrons. The van der Waals surface area contributed by atoms with Crippen LogP contribution in [0.2, 0.25) is 0 Å². The number of likely N-dealkylation sites (tertiary alicyclic amines) is 1. The van der Waals surface area contributed by atoms with Gasteiger partial charge in [-0.15, -0.1) is 0 Å². The molecule has 9 heteroatoms. The molecule has 4 fully saturated rings. The molecular formula is C19H26F3N3O2S. The Hall–Kier alpha value is -1.09. The molecule has 2 saturated carbocycles. The minimum Gasteiger partial charge on any atom is -0.300 e. The van der Waals surface area contributed by atoms with E-state index < -0.39 is 21.7 Å². The lowest BCUT2D eigenvalue weighted by Crippen LogP contribution is -2.51. The van der Waals surface area contributed by atoms with Gasteiger partial charge in [0.2, 0.25) is 0 Å². The summed E-state index contributed by atoms with van der Waals surface area (Å²) in [7, 11) is -2.82. The molecule has 4 aliphatic rings. The summed E-state index contributed by atoms with van der Waals surface area (Å²) in [5.41, 5.74) is -0.0255. The van der Waals surface area contributed by atoms with Crippen molar-refractivity contribution in [2.75, 3.05) is 24.6 Å². The second kappa shape index (κ2) is 6.20. The molecule has 28 heavy (non-hydrogen) atoms. The Kier molecular flexibility index (Phi) is 4.19. The van der Waals surface area contributed by atoms with Crippen molar-refractivity contribution in [3.8, 4) is 0 Å². The van der Waals surface area contributed by atoms with Gasteiger partial charge in [-0.2, -0.15) is 18.3 Å². The Morgan fingerprint density at radius 1 is 1.04 bits per heavy atom. The van der Waals surface area contributed by atoms with Crippen molar-refractivity contribution in [3.63, 3.8) is 0 Å². The summed E-state index contributed by atoms with van der Waals surface area (Å²) in [5, 5.41) is 3.89. The minimum atomic E-state index is -4.39. The molecule has 1 aromatic heterocycles. The lowest BCUT2D eigenvalue weighted by atomic mass is 9.83. The first-order valence-corrected chi connectivity index (χ1v) is 12.1. The van der Waals surface area contributed by atoms with Crippen LogP contribution >= 0.6 is 0 Å². The lowest BCUT2D eigenvalue weighted by molar-refractivity contribution is -0.141. The SMILES string of the molecule is O=S1(=O)CC2(CCN(C3CCC(c4cc(C(F)(F)F)nn4C4CC4)CC3)C2)C1. The summed E-state index contributed by atoms with van der Waals surface area (Å²) in [6.07, 6.45) is 2.08. The van der Waals surface area contributed by atoms with Crippen LogP contribution in [0, 0.1) is 5.41 Å². The second-order valence-corrected chi connectivity index (χ2v) is 11.5. The largest absolute Gasteiger partial charge is 0.435 e. The zero-order valence-corrected chi connectivity index (χ0v) is 16.6. The van der Waals surface area contributed by atoms with Gasteiger partial charge in [0.15, 0.2) is 15.5 Å². The van der Waals surface area contributed by atoms with E-state index in [9.17, 15) is 21.6 Å². The first-order chi connectivity index (χ1) is 13.1. The van der Waals surface area contributed by atoms with E-state index >= 15 is 0 Å². The van der Waals surface area contributed by atoms with Crippen LogP contribution in [0.15, 0.2) is 6.07 Å². The zero-order chi connectivity index (χ0) is 19.7. The van der Waals surface area contributed by atoms with Gasteiger partial charge >= 0.3 is 6.18 Å². The van der Waals surface area contributed by atoms with Gasteiger partial charge in [-0.25, -0.2) is 8.42 Å². The van der Waals surface area contributed by atoms with E-state index in [1.807, 2.05) is 0 Å². The quantitative estimate of drug-likeness (QED) is 0.757. The summed E-state index contributed by atoms with van der Waals surface area (Å²) < 4.78 is 64.2. The molecule has 156 valence electrons. The highest BCUT2D eigenvalue weighted by Crippen LogP contribution is 2.46. The number of hydrogen-bond donors (Lipinski definition) is 0. The number of aromatic nitrogens is 2. The normalized spacial score (nSPS) is 32.5. The van der Waals surface area contributed by atoms with Crippen molar-refractivity contribution in [2.45, 2.75) is 69.1 Å². The molecule has 3 heterocycles. The number of alkyl halides is 3. The number of sulfone groups is 1. The smallest absolute Gasteiger partial charge is 0.300 e. The molecule has 1 aromatic rings. The van der Waals surface area contributed by atoms with Crippen molar-refractivity contribution in [1.82, 2.24) is 14.7 Å². The number of halogens is 3. The Morgan fingerprint density at radius 2 is 1.68 bits per heavy atom. The van der Waals surface area contributed by atoms with Crippen molar-refractivity contribution in [1.29, 1.82) is 0 Å². The Balaban J connectivity index is 1.24. The van der Waals surface area contributed by atoms with Gasteiger partial charge < -0.3 is 0 Å². The molecule has 0 atom stereocenters. The van der Waals surface area contributed by atoms with Crippen molar-refractivity contribution in [3.05, 3.63) is 17.5 Å².